The van der Waals surface area contributed by atoms with Gasteiger partial charge < -0.3 is 10.1 Å². The van der Waals surface area contributed by atoms with E-state index >= 15 is 0 Å². The van der Waals surface area contributed by atoms with Gasteiger partial charge in [0.25, 0.3) is 0 Å². The van der Waals surface area contributed by atoms with Gasteiger partial charge in [0, 0.05) is 29.5 Å². The summed E-state index contributed by atoms with van der Waals surface area (Å²) in [5, 5.41) is 6.41. The van der Waals surface area contributed by atoms with E-state index in [2.05, 4.69) is 47.8 Å². The highest BCUT2D eigenvalue weighted by Gasteiger charge is 2.40. The molecule has 2 aromatic rings. The van der Waals surface area contributed by atoms with Crippen molar-refractivity contribution in [1.29, 1.82) is 0 Å². The topological polar surface area (TPSA) is 21.3 Å². The first-order valence-electron chi connectivity index (χ1n) is 7.81. The molecule has 1 N–H and O–H groups in total. The van der Waals surface area contributed by atoms with Crippen LogP contribution in [0.25, 0.3) is 10.8 Å². The van der Waals surface area contributed by atoms with E-state index in [0.717, 1.165) is 19.4 Å². The molecule has 3 heteroatoms. The van der Waals surface area contributed by atoms with E-state index in [1.165, 1.54) is 34.4 Å². The maximum absolute atomic E-state index is 6.12. The molecule has 2 nitrogen and oxygen atoms in total. The Hall–Kier alpha value is -1.19. The molecular weight excluding hydrogens is 278 g/mol. The second-order valence-corrected chi connectivity index (χ2v) is 7.30. The third-order valence-corrected chi connectivity index (χ3v) is 5.93. The lowest BCUT2D eigenvalue weighted by Gasteiger charge is -2.38. The first kappa shape index (κ1) is 13.5. The number of anilines is 1. The Labute approximate surface area is 130 Å². The molecule has 1 spiro atoms. The van der Waals surface area contributed by atoms with Gasteiger partial charge >= 0.3 is 0 Å². The van der Waals surface area contributed by atoms with E-state index in [1.54, 1.807) is 0 Å². The molecule has 2 heterocycles. The van der Waals surface area contributed by atoms with Gasteiger partial charge in [-0.25, -0.2) is 0 Å². The van der Waals surface area contributed by atoms with Gasteiger partial charge in [-0.1, -0.05) is 36.4 Å². The maximum Gasteiger partial charge on any atom is 0.0799 e. The molecular formula is C18H21NOS. The number of hydrogen-bond donors (Lipinski definition) is 1. The fourth-order valence-electron chi connectivity index (χ4n) is 3.59. The van der Waals surface area contributed by atoms with Crippen LogP contribution < -0.4 is 5.32 Å². The van der Waals surface area contributed by atoms with Crippen LogP contribution in [0.5, 0.6) is 0 Å². The van der Waals surface area contributed by atoms with Crippen molar-refractivity contribution >= 4 is 28.2 Å². The summed E-state index contributed by atoms with van der Waals surface area (Å²) >= 11 is 2.04. The molecule has 0 amide bonds. The molecule has 2 unspecified atom stereocenters. The van der Waals surface area contributed by atoms with Crippen LogP contribution in [0.15, 0.2) is 42.5 Å². The van der Waals surface area contributed by atoms with Gasteiger partial charge in [-0.2, -0.15) is 11.8 Å². The van der Waals surface area contributed by atoms with Crippen LogP contribution in [0, 0.1) is 0 Å². The van der Waals surface area contributed by atoms with Crippen molar-refractivity contribution < 1.29 is 4.74 Å². The van der Waals surface area contributed by atoms with E-state index in [-0.39, 0.29) is 5.60 Å². The normalized spacial score (nSPS) is 29.0. The number of benzene rings is 2. The Balaban J connectivity index is 1.57. The SMILES string of the molecule is c1ccc2c(NC3CCOC4(CCSC4)C3)cccc2c1. The number of nitrogens with one attached hydrogen (secondary N) is 1. The molecule has 0 aromatic heterocycles. The van der Waals surface area contributed by atoms with Crippen LogP contribution in [0.2, 0.25) is 0 Å². The zero-order valence-electron chi connectivity index (χ0n) is 12.2. The van der Waals surface area contributed by atoms with Gasteiger partial charge in [-0.3, -0.25) is 0 Å². The molecule has 2 atom stereocenters. The quantitative estimate of drug-likeness (QED) is 0.893. The molecule has 2 fully saturated rings. The molecule has 0 aliphatic carbocycles. The predicted octanol–water partition coefficient (Wildman–Crippen LogP) is 4.31. The third kappa shape index (κ3) is 2.65. The summed E-state index contributed by atoms with van der Waals surface area (Å²) in [6.07, 6.45) is 3.46. The van der Waals surface area contributed by atoms with Crippen LogP contribution in [-0.2, 0) is 4.74 Å². The third-order valence-electron chi connectivity index (χ3n) is 4.71. The van der Waals surface area contributed by atoms with Gasteiger partial charge in [0.1, 0.15) is 0 Å². The van der Waals surface area contributed by atoms with E-state index in [4.69, 9.17) is 4.74 Å². The average molecular weight is 299 g/mol. The lowest BCUT2D eigenvalue weighted by atomic mass is 9.89. The van der Waals surface area contributed by atoms with Crippen molar-refractivity contribution in [2.45, 2.75) is 30.9 Å². The predicted molar refractivity (Wildman–Crippen MR) is 91.2 cm³/mol. The monoisotopic (exact) mass is 299 g/mol. The largest absolute Gasteiger partial charge is 0.382 e. The Morgan fingerprint density at radius 1 is 1.14 bits per heavy atom. The molecule has 0 bridgehead atoms. The van der Waals surface area contributed by atoms with Crippen LogP contribution >= 0.6 is 11.8 Å². The Kier molecular flexibility index (Phi) is 3.56. The van der Waals surface area contributed by atoms with Crippen LogP contribution in [0.3, 0.4) is 0 Å². The molecule has 2 aliphatic rings. The van der Waals surface area contributed by atoms with Crippen LogP contribution in [0.1, 0.15) is 19.3 Å². The lowest BCUT2D eigenvalue weighted by molar-refractivity contribution is -0.0628. The summed E-state index contributed by atoms with van der Waals surface area (Å²) in [7, 11) is 0. The Bertz CT molecular complexity index is 631. The lowest BCUT2D eigenvalue weighted by Crippen LogP contribution is -2.44. The first-order valence-corrected chi connectivity index (χ1v) is 8.96. The highest BCUT2D eigenvalue weighted by molar-refractivity contribution is 7.99. The van der Waals surface area contributed by atoms with Gasteiger partial charge in [0.15, 0.2) is 0 Å². The van der Waals surface area contributed by atoms with Crippen molar-refractivity contribution in [3.63, 3.8) is 0 Å². The second kappa shape index (κ2) is 5.54. The van der Waals surface area contributed by atoms with Gasteiger partial charge in [-0.15, -0.1) is 0 Å². The summed E-state index contributed by atoms with van der Waals surface area (Å²) in [5.41, 5.74) is 1.41. The molecule has 2 saturated heterocycles. The standard InChI is InChI=1S/C18H21NOS/c1-2-6-16-14(4-1)5-3-7-17(16)19-15-8-10-20-18(12-15)9-11-21-13-18/h1-7,15,19H,8-13H2. The first-order chi connectivity index (χ1) is 10.3. The van der Waals surface area contributed by atoms with E-state index in [9.17, 15) is 0 Å². The summed E-state index contributed by atoms with van der Waals surface area (Å²) < 4.78 is 6.12. The summed E-state index contributed by atoms with van der Waals surface area (Å²) in [6.45, 7) is 0.892. The van der Waals surface area contributed by atoms with E-state index < -0.39 is 0 Å². The van der Waals surface area contributed by atoms with Crippen molar-refractivity contribution in [3.05, 3.63) is 42.5 Å². The van der Waals surface area contributed by atoms with Gasteiger partial charge in [-0.05, 0) is 36.5 Å². The highest BCUT2D eigenvalue weighted by Crippen LogP contribution is 2.39. The maximum atomic E-state index is 6.12. The van der Waals surface area contributed by atoms with Gasteiger partial charge in [0.05, 0.1) is 5.60 Å². The van der Waals surface area contributed by atoms with E-state index in [0.29, 0.717) is 6.04 Å². The molecule has 2 aromatic carbocycles. The minimum atomic E-state index is 0.144. The molecule has 0 radical (unpaired) electrons. The van der Waals surface area contributed by atoms with Crippen molar-refractivity contribution in [1.82, 2.24) is 0 Å². The average Bonchev–Trinajstić information content (AvgIpc) is 2.95. The number of thioether (sulfide) groups is 1. The number of fused-ring (bicyclic) bond motifs is 1. The van der Waals surface area contributed by atoms with Gasteiger partial charge in [0.2, 0.25) is 0 Å². The molecule has 4 rings (SSSR count). The minimum Gasteiger partial charge on any atom is -0.382 e. The zero-order chi connectivity index (χ0) is 14.1. The van der Waals surface area contributed by atoms with Crippen LogP contribution in [-0.4, -0.2) is 29.8 Å². The fraction of sp³-hybridized carbons (Fsp3) is 0.444. The fourth-order valence-corrected chi connectivity index (χ4v) is 4.96. The van der Waals surface area contributed by atoms with E-state index in [1.807, 2.05) is 11.8 Å². The number of hydrogen-bond acceptors (Lipinski definition) is 3. The van der Waals surface area contributed by atoms with Crippen molar-refractivity contribution in [2.24, 2.45) is 0 Å². The number of ether oxygens (including phenoxy) is 1. The van der Waals surface area contributed by atoms with Crippen molar-refractivity contribution in [3.8, 4) is 0 Å². The van der Waals surface area contributed by atoms with Crippen molar-refractivity contribution in [2.75, 3.05) is 23.4 Å². The Morgan fingerprint density at radius 3 is 2.95 bits per heavy atom. The highest BCUT2D eigenvalue weighted by atomic mass is 32.2. The molecule has 2 aliphatic heterocycles. The summed E-state index contributed by atoms with van der Waals surface area (Å²) in [4.78, 5) is 0. The molecule has 0 saturated carbocycles. The Morgan fingerprint density at radius 2 is 2.05 bits per heavy atom. The minimum absolute atomic E-state index is 0.144. The smallest absolute Gasteiger partial charge is 0.0799 e. The molecule has 110 valence electrons. The summed E-state index contributed by atoms with van der Waals surface area (Å²) in [6, 6.07) is 15.7. The molecule has 21 heavy (non-hydrogen) atoms. The van der Waals surface area contributed by atoms with Crippen LogP contribution in [0.4, 0.5) is 5.69 Å². The number of rotatable bonds is 2. The zero-order valence-corrected chi connectivity index (χ0v) is 13.0. The summed E-state index contributed by atoms with van der Waals surface area (Å²) in [5.74, 6) is 2.42. The second-order valence-electron chi connectivity index (χ2n) is 6.19.